The molecule has 3 rings (SSSR count). The average molecular weight is 538 g/mol. The van der Waals surface area contributed by atoms with E-state index in [2.05, 4.69) is 42.8 Å². The molecule has 14 heteroatoms. The summed E-state index contributed by atoms with van der Waals surface area (Å²) in [4.78, 5) is 39.6. The van der Waals surface area contributed by atoms with Gasteiger partial charge in [-0.2, -0.15) is 0 Å². The molecule has 0 unspecified atom stereocenters. The van der Waals surface area contributed by atoms with Gasteiger partial charge in [-0.1, -0.05) is 45.4 Å². The first-order valence-electron chi connectivity index (χ1n) is 13.1. The van der Waals surface area contributed by atoms with Crippen LogP contribution in [0, 0.1) is 0 Å². The Morgan fingerprint density at radius 2 is 1.79 bits per heavy atom. The molecule has 2 amide bonds. The Morgan fingerprint density at radius 1 is 1.05 bits per heavy atom. The van der Waals surface area contributed by atoms with Crippen LogP contribution in [0.25, 0.3) is 11.2 Å². The maximum atomic E-state index is 12.5. The van der Waals surface area contributed by atoms with Crippen molar-refractivity contribution in [2.45, 2.75) is 95.0 Å². The average Bonchev–Trinajstić information content (AvgIpc) is 3.40. The molecule has 0 spiro atoms. The van der Waals surface area contributed by atoms with Crippen molar-refractivity contribution in [3.8, 4) is 0 Å². The third-order valence-electron chi connectivity index (χ3n) is 6.54. The van der Waals surface area contributed by atoms with Gasteiger partial charge >= 0.3 is 0 Å². The highest BCUT2D eigenvalue weighted by molar-refractivity contribution is 5.85. The number of nitrogens with zero attached hydrogens (tertiary/aromatic N) is 3. The van der Waals surface area contributed by atoms with E-state index in [1.807, 2.05) is 0 Å². The lowest BCUT2D eigenvalue weighted by atomic mass is 9.92. The van der Waals surface area contributed by atoms with Crippen LogP contribution in [0.5, 0.6) is 0 Å². The number of aliphatic hydroxyl groups excluding tert-OH is 4. The van der Waals surface area contributed by atoms with Crippen molar-refractivity contribution < 1.29 is 34.8 Å². The Balaban J connectivity index is 1.52. The van der Waals surface area contributed by atoms with E-state index in [0.717, 1.165) is 25.7 Å². The van der Waals surface area contributed by atoms with E-state index in [9.17, 15) is 30.0 Å². The molecule has 6 atom stereocenters. The van der Waals surface area contributed by atoms with Crippen LogP contribution in [0.15, 0.2) is 12.7 Å². The van der Waals surface area contributed by atoms with Gasteiger partial charge in [0.2, 0.25) is 11.8 Å². The van der Waals surface area contributed by atoms with Gasteiger partial charge in [-0.05, 0) is 6.42 Å². The van der Waals surface area contributed by atoms with E-state index in [-0.39, 0.29) is 18.3 Å². The minimum Gasteiger partial charge on any atom is -0.394 e. The molecule has 1 fully saturated rings. The number of fused-ring (bicyclic) bond motifs is 1. The smallest absolute Gasteiger partial charge is 0.239 e. The maximum Gasteiger partial charge on any atom is 0.239 e. The van der Waals surface area contributed by atoms with Gasteiger partial charge in [-0.15, -0.1) is 0 Å². The summed E-state index contributed by atoms with van der Waals surface area (Å²) in [5, 5.41) is 49.2. The van der Waals surface area contributed by atoms with Gasteiger partial charge in [-0.3, -0.25) is 9.59 Å². The normalized spacial score (nSPS) is 24.2. The van der Waals surface area contributed by atoms with Crippen LogP contribution < -0.4 is 16.0 Å². The Kier molecular flexibility index (Phi) is 11.6. The SMILES string of the molecule is CCCCCCCCCC(=O)NCC(=O)N[C@@H]1[C@@H](O)[C@@H](O)[C@H](Nc2ncnc3nc[nH]c23)O[C@H]1[C@H](O)CO. The first-order chi connectivity index (χ1) is 18.3. The Bertz CT molecular complexity index is 1020. The lowest BCUT2D eigenvalue weighted by Crippen LogP contribution is -2.68. The maximum absolute atomic E-state index is 12.5. The molecular weight excluding hydrogens is 498 g/mol. The van der Waals surface area contributed by atoms with Crippen LogP contribution in [0.3, 0.4) is 0 Å². The fourth-order valence-corrected chi connectivity index (χ4v) is 4.40. The number of amides is 2. The monoisotopic (exact) mass is 537 g/mol. The van der Waals surface area contributed by atoms with Crippen LogP contribution >= 0.6 is 0 Å². The van der Waals surface area contributed by atoms with E-state index < -0.39 is 49.2 Å². The molecule has 0 aliphatic carbocycles. The molecular formula is C24H39N7O7. The van der Waals surface area contributed by atoms with Crippen molar-refractivity contribution in [1.82, 2.24) is 30.6 Å². The molecule has 0 radical (unpaired) electrons. The highest BCUT2D eigenvalue weighted by atomic mass is 16.5. The number of carbonyl (C=O) groups is 2. The quantitative estimate of drug-likeness (QED) is 0.133. The van der Waals surface area contributed by atoms with Crippen molar-refractivity contribution in [2.24, 2.45) is 0 Å². The molecule has 8 N–H and O–H groups in total. The lowest BCUT2D eigenvalue weighted by molar-refractivity contribution is -0.204. The summed E-state index contributed by atoms with van der Waals surface area (Å²) in [5.74, 6) is -0.679. The van der Waals surface area contributed by atoms with Crippen LogP contribution in [0.4, 0.5) is 5.82 Å². The molecule has 38 heavy (non-hydrogen) atoms. The number of H-pyrrole nitrogens is 1. The molecule has 14 nitrogen and oxygen atoms in total. The summed E-state index contributed by atoms with van der Waals surface area (Å²) in [6.07, 6.45) is 3.31. The number of imidazole rings is 1. The third-order valence-corrected chi connectivity index (χ3v) is 6.54. The number of ether oxygens (including phenoxy) is 1. The number of rotatable bonds is 15. The fraction of sp³-hybridized carbons (Fsp3) is 0.708. The number of carbonyl (C=O) groups excluding carboxylic acids is 2. The molecule has 0 bridgehead atoms. The lowest BCUT2D eigenvalue weighted by Gasteiger charge is -2.44. The molecule has 1 saturated heterocycles. The first-order valence-corrected chi connectivity index (χ1v) is 13.1. The molecule has 3 heterocycles. The summed E-state index contributed by atoms with van der Waals surface area (Å²) >= 11 is 0. The van der Waals surface area contributed by atoms with Crippen molar-refractivity contribution in [3.05, 3.63) is 12.7 Å². The first kappa shape index (κ1) is 29.6. The topological polar surface area (TPSA) is 215 Å². The third kappa shape index (κ3) is 8.04. The number of nitrogens with one attached hydrogen (secondary N) is 4. The van der Waals surface area contributed by atoms with Crippen molar-refractivity contribution >= 4 is 28.8 Å². The van der Waals surface area contributed by atoms with Crippen molar-refractivity contribution in [2.75, 3.05) is 18.5 Å². The summed E-state index contributed by atoms with van der Waals surface area (Å²) < 4.78 is 5.76. The van der Waals surface area contributed by atoms with Gasteiger partial charge in [0.1, 0.15) is 36.3 Å². The standard InChI is InChI=1S/C24H39N7O7/c1-2-3-4-5-6-7-8-9-15(34)25-10-16(35)30-17-19(36)20(37)24(38-21(17)14(33)11-32)31-23-18-22(27-12-26-18)28-13-29-23/h12-14,17,19-21,24,32-33,36-37H,2-11H2,1H3,(H,25,34)(H,30,35)(H2,26,27,28,29,31)/t14-,17-,19-,20-,21+,24-/m1/s1. The second-order valence-electron chi connectivity index (χ2n) is 9.46. The van der Waals surface area contributed by atoms with Crippen LogP contribution in [0.2, 0.25) is 0 Å². The second-order valence-corrected chi connectivity index (χ2v) is 9.46. The van der Waals surface area contributed by atoms with E-state index in [4.69, 9.17) is 4.74 Å². The highest BCUT2D eigenvalue weighted by Gasteiger charge is 2.48. The zero-order valence-electron chi connectivity index (χ0n) is 21.5. The van der Waals surface area contributed by atoms with E-state index in [1.165, 1.54) is 31.9 Å². The van der Waals surface area contributed by atoms with Crippen LogP contribution in [-0.2, 0) is 14.3 Å². The fourth-order valence-electron chi connectivity index (χ4n) is 4.40. The van der Waals surface area contributed by atoms with Gasteiger partial charge in [-0.25, -0.2) is 15.0 Å². The predicted octanol–water partition coefficient (Wildman–Crippen LogP) is -0.694. The van der Waals surface area contributed by atoms with Crippen molar-refractivity contribution in [3.63, 3.8) is 0 Å². The zero-order valence-corrected chi connectivity index (χ0v) is 21.5. The number of aliphatic hydroxyl groups is 4. The molecule has 0 aromatic carbocycles. The molecule has 1 aliphatic heterocycles. The summed E-state index contributed by atoms with van der Waals surface area (Å²) in [6.45, 7) is 1.09. The second kappa shape index (κ2) is 14.9. The highest BCUT2D eigenvalue weighted by Crippen LogP contribution is 2.26. The molecule has 2 aromatic heterocycles. The Labute approximate surface area is 220 Å². The number of aromatic amines is 1. The van der Waals surface area contributed by atoms with Gasteiger partial charge in [0, 0.05) is 6.42 Å². The number of hydrogen-bond donors (Lipinski definition) is 8. The number of anilines is 1. The van der Waals surface area contributed by atoms with Crippen LogP contribution in [0.1, 0.15) is 58.3 Å². The summed E-state index contributed by atoms with van der Waals surface area (Å²) in [6, 6.07) is -1.27. The number of unbranched alkanes of at least 4 members (excludes halogenated alkanes) is 6. The molecule has 1 aliphatic rings. The molecule has 212 valence electrons. The van der Waals surface area contributed by atoms with Crippen LogP contribution in [-0.4, -0.2) is 102 Å². The van der Waals surface area contributed by atoms with E-state index in [1.54, 1.807) is 0 Å². The summed E-state index contributed by atoms with van der Waals surface area (Å²) in [5.41, 5.74) is 0.791. The van der Waals surface area contributed by atoms with Gasteiger partial charge in [0.25, 0.3) is 0 Å². The van der Waals surface area contributed by atoms with Gasteiger partial charge in [0.15, 0.2) is 17.7 Å². The zero-order chi connectivity index (χ0) is 27.5. The van der Waals surface area contributed by atoms with Gasteiger partial charge < -0.3 is 46.1 Å². The number of aromatic nitrogens is 4. The summed E-state index contributed by atoms with van der Waals surface area (Å²) in [7, 11) is 0. The molecule has 0 saturated carbocycles. The van der Waals surface area contributed by atoms with E-state index >= 15 is 0 Å². The van der Waals surface area contributed by atoms with Crippen molar-refractivity contribution in [1.29, 1.82) is 0 Å². The number of hydrogen-bond acceptors (Lipinski definition) is 11. The Morgan fingerprint density at radius 3 is 2.53 bits per heavy atom. The Hall–Kier alpha value is -2.91. The van der Waals surface area contributed by atoms with E-state index in [0.29, 0.717) is 17.6 Å². The van der Waals surface area contributed by atoms with Gasteiger partial charge in [0.05, 0.1) is 25.5 Å². The predicted molar refractivity (Wildman–Crippen MR) is 137 cm³/mol. The molecule has 2 aromatic rings. The largest absolute Gasteiger partial charge is 0.394 e. The minimum absolute atomic E-state index is 0.229. The minimum atomic E-state index is -1.58.